The standard InChI is InChI=1S/C19H29F2N5O2.HI/c1-5-28-19(27)26-11-9-25(10-12-26)18(22-2)23-13-16(24(3)4)17-14(20)7-6-8-15(17)21;/h6-8,16H,5,9-13H2,1-4H3,(H,22,23);1H. The van der Waals surface area contributed by atoms with Gasteiger partial charge in [0, 0.05) is 45.3 Å². The van der Waals surface area contributed by atoms with Crippen molar-refractivity contribution >= 4 is 36.0 Å². The fraction of sp³-hybridized carbons (Fsp3) is 0.579. The van der Waals surface area contributed by atoms with Gasteiger partial charge in [0.1, 0.15) is 11.6 Å². The lowest BCUT2D eigenvalue weighted by atomic mass is 10.0. The zero-order valence-electron chi connectivity index (χ0n) is 17.3. The Labute approximate surface area is 188 Å². The monoisotopic (exact) mass is 525 g/mol. The molecule has 0 bridgehead atoms. The topological polar surface area (TPSA) is 60.4 Å². The molecule has 1 aliphatic heterocycles. The Morgan fingerprint density at radius 2 is 1.76 bits per heavy atom. The molecule has 1 aromatic rings. The Kier molecular flexibility index (Phi) is 10.6. The molecule has 1 amide bonds. The van der Waals surface area contributed by atoms with Crippen molar-refractivity contribution in [2.45, 2.75) is 13.0 Å². The number of nitrogens with one attached hydrogen (secondary N) is 1. The number of piperazine rings is 1. The normalized spacial score (nSPS) is 15.8. The van der Waals surface area contributed by atoms with Crippen molar-refractivity contribution in [3.8, 4) is 0 Å². The number of rotatable bonds is 5. The third-order valence-electron chi connectivity index (χ3n) is 4.73. The summed E-state index contributed by atoms with van der Waals surface area (Å²) < 4.78 is 33.5. The highest BCUT2D eigenvalue weighted by Gasteiger charge is 2.26. The second-order valence-electron chi connectivity index (χ2n) is 6.72. The fourth-order valence-electron chi connectivity index (χ4n) is 3.21. The van der Waals surface area contributed by atoms with Crippen molar-refractivity contribution in [3.63, 3.8) is 0 Å². The summed E-state index contributed by atoms with van der Waals surface area (Å²) in [6.45, 7) is 4.66. The highest BCUT2D eigenvalue weighted by molar-refractivity contribution is 14.0. The van der Waals surface area contributed by atoms with Gasteiger partial charge in [-0.3, -0.25) is 4.99 Å². The highest BCUT2D eigenvalue weighted by atomic mass is 127. The van der Waals surface area contributed by atoms with E-state index in [0.717, 1.165) is 0 Å². The molecule has 29 heavy (non-hydrogen) atoms. The highest BCUT2D eigenvalue weighted by Crippen LogP contribution is 2.24. The third-order valence-corrected chi connectivity index (χ3v) is 4.73. The number of carbonyl (C=O) groups excluding carboxylic acids is 1. The molecule has 1 aliphatic rings. The molecule has 7 nitrogen and oxygen atoms in total. The first-order valence-electron chi connectivity index (χ1n) is 9.36. The van der Waals surface area contributed by atoms with Gasteiger partial charge in [-0.15, -0.1) is 24.0 Å². The number of benzene rings is 1. The lowest BCUT2D eigenvalue weighted by Crippen LogP contribution is -2.54. The van der Waals surface area contributed by atoms with Crippen LogP contribution in [0.15, 0.2) is 23.2 Å². The first kappa shape index (κ1) is 25.3. The third kappa shape index (κ3) is 6.66. The number of amides is 1. The van der Waals surface area contributed by atoms with Gasteiger partial charge in [0.2, 0.25) is 0 Å². The molecule has 1 fully saturated rings. The Hall–Kier alpha value is -1.69. The molecule has 1 saturated heterocycles. The summed E-state index contributed by atoms with van der Waals surface area (Å²) in [5.41, 5.74) is 0.0302. The van der Waals surface area contributed by atoms with E-state index in [4.69, 9.17) is 4.74 Å². The van der Waals surface area contributed by atoms with Crippen LogP contribution in [-0.2, 0) is 4.74 Å². The van der Waals surface area contributed by atoms with Crippen molar-refractivity contribution in [1.82, 2.24) is 20.0 Å². The van der Waals surface area contributed by atoms with Crippen molar-refractivity contribution in [2.75, 3.05) is 60.5 Å². The predicted molar refractivity (Wildman–Crippen MR) is 120 cm³/mol. The molecular weight excluding hydrogens is 495 g/mol. The smallest absolute Gasteiger partial charge is 0.409 e. The number of hydrogen-bond acceptors (Lipinski definition) is 4. The first-order valence-corrected chi connectivity index (χ1v) is 9.36. The van der Waals surface area contributed by atoms with Crippen LogP contribution in [0, 0.1) is 11.6 Å². The molecule has 10 heteroatoms. The number of carbonyl (C=O) groups is 1. The van der Waals surface area contributed by atoms with E-state index in [-0.39, 0.29) is 42.2 Å². The van der Waals surface area contributed by atoms with Gasteiger partial charge in [0.15, 0.2) is 5.96 Å². The Morgan fingerprint density at radius 3 is 2.24 bits per heavy atom. The average molecular weight is 525 g/mol. The second-order valence-corrected chi connectivity index (χ2v) is 6.72. The van der Waals surface area contributed by atoms with E-state index in [9.17, 15) is 13.6 Å². The van der Waals surface area contributed by atoms with E-state index < -0.39 is 17.7 Å². The van der Waals surface area contributed by atoms with E-state index in [1.54, 1.807) is 37.9 Å². The van der Waals surface area contributed by atoms with E-state index in [1.165, 1.54) is 18.2 Å². The van der Waals surface area contributed by atoms with Crippen LogP contribution in [0.5, 0.6) is 0 Å². The van der Waals surface area contributed by atoms with Crippen LogP contribution in [0.2, 0.25) is 0 Å². The minimum Gasteiger partial charge on any atom is -0.450 e. The summed E-state index contributed by atoms with van der Waals surface area (Å²) in [5.74, 6) is -0.510. The first-order chi connectivity index (χ1) is 13.4. The maximum atomic E-state index is 14.2. The molecule has 0 spiro atoms. The molecule has 1 atom stereocenters. The summed E-state index contributed by atoms with van der Waals surface area (Å²) in [5, 5.41) is 3.21. The number of hydrogen-bond donors (Lipinski definition) is 1. The van der Waals surface area contributed by atoms with Crippen LogP contribution in [0.25, 0.3) is 0 Å². The zero-order chi connectivity index (χ0) is 20.7. The molecule has 1 heterocycles. The number of ether oxygens (including phenoxy) is 1. The van der Waals surface area contributed by atoms with Crippen LogP contribution in [0.3, 0.4) is 0 Å². The molecule has 1 N–H and O–H groups in total. The van der Waals surface area contributed by atoms with Crippen molar-refractivity contribution in [3.05, 3.63) is 35.4 Å². The number of nitrogens with zero attached hydrogens (tertiary/aromatic N) is 4. The molecule has 2 rings (SSSR count). The van der Waals surface area contributed by atoms with Gasteiger partial charge in [-0.05, 0) is 33.2 Å². The number of halogens is 3. The SMILES string of the molecule is CCOC(=O)N1CCN(C(=NC)NCC(c2c(F)cccc2F)N(C)C)CC1.I. The van der Waals surface area contributed by atoms with E-state index in [2.05, 4.69) is 10.3 Å². The predicted octanol–water partition coefficient (Wildman–Crippen LogP) is 2.54. The lowest BCUT2D eigenvalue weighted by Gasteiger charge is -2.36. The fourth-order valence-corrected chi connectivity index (χ4v) is 3.21. The summed E-state index contributed by atoms with van der Waals surface area (Å²) >= 11 is 0. The molecule has 0 aliphatic carbocycles. The van der Waals surface area contributed by atoms with Crippen LogP contribution >= 0.6 is 24.0 Å². The summed E-state index contributed by atoms with van der Waals surface area (Å²) in [4.78, 5) is 21.5. The van der Waals surface area contributed by atoms with Crippen LogP contribution in [0.4, 0.5) is 13.6 Å². The van der Waals surface area contributed by atoms with Gasteiger partial charge in [-0.25, -0.2) is 13.6 Å². The van der Waals surface area contributed by atoms with Gasteiger partial charge < -0.3 is 24.8 Å². The van der Waals surface area contributed by atoms with E-state index >= 15 is 0 Å². The zero-order valence-corrected chi connectivity index (χ0v) is 19.7. The maximum Gasteiger partial charge on any atom is 0.409 e. The number of aliphatic imine (C=N–C) groups is 1. The van der Waals surface area contributed by atoms with E-state index in [0.29, 0.717) is 38.7 Å². The number of likely N-dealkylation sites (N-methyl/N-ethyl adjacent to an activating group) is 1. The quantitative estimate of drug-likeness (QED) is 0.364. The molecule has 1 unspecified atom stereocenters. The van der Waals surface area contributed by atoms with Crippen molar-refractivity contribution in [1.29, 1.82) is 0 Å². The van der Waals surface area contributed by atoms with E-state index in [1.807, 2.05) is 4.90 Å². The molecule has 0 aromatic heterocycles. The number of guanidine groups is 1. The minimum atomic E-state index is -0.571. The second kappa shape index (κ2) is 12.1. The summed E-state index contributed by atoms with van der Waals surface area (Å²) in [7, 11) is 5.21. The summed E-state index contributed by atoms with van der Waals surface area (Å²) in [6, 6.07) is 3.38. The maximum absolute atomic E-state index is 14.2. The minimum absolute atomic E-state index is 0. The average Bonchev–Trinajstić information content (AvgIpc) is 2.67. The molecule has 0 saturated carbocycles. The van der Waals surface area contributed by atoms with Crippen LogP contribution in [-0.4, -0.2) is 87.2 Å². The Morgan fingerprint density at radius 1 is 1.21 bits per heavy atom. The summed E-state index contributed by atoms with van der Waals surface area (Å²) in [6.07, 6.45) is -0.312. The van der Waals surface area contributed by atoms with Gasteiger partial charge >= 0.3 is 6.09 Å². The molecular formula is C19H30F2IN5O2. The largest absolute Gasteiger partial charge is 0.450 e. The van der Waals surface area contributed by atoms with Crippen LogP contribution in [0.1, 0.15) is 18.5 Å². The Balaban J connectivity index is 0.00000420. The molecule has 164 valence electrons. The van der Waals surface area contributed by atoms with Gasteiger partial charge in [-0.1, -0.05) is 6.07 Å². The lowest BCUT2D eigenvalue weighted by molar-refractivity contribution is 0.0914. The van der Waals surface area contributed by atoms with Gasteiger partial charge in [0.05, 0.1) is 12.6 Å². The Bertz CT molecular complexity index is 677. The van der Waals surface area contributed by atoms with Crippen molar-refractivity contribution in [2.24, 2.45) is 4.99 Å². The van der Waals surface area contributed by atoms with Crippen molar-refractivity contribution < 1.29 is 18.3 Å². The van der Waals surface area contributed by atoms with Gasteiger partial charge in [0.25, 0.3) is 0 Å². The van der Waals surface area contributed by atoms with Gasteiger partial charge in [-0.2, -0.15) is 0 Å². The molecule has 1 aromatic carbocycles. The molecule has 0 radical (unpaired) electrons. The van der Waals surface area contributed by atoms with Crippen LogP contribution < -0.4 is 5.32 Å².